The van der Waals surface area contributed by atoms with E-state index < -0.39 is 5.60 Å². The Hall–Kier alpha value is -4.02. The zero-order chi connectivity index (χ0) is 26.9. The molecule has 0 bridgehead atoms. The first-order valence-electron chi connectivity index (χ1n) is 13.0. The van der Waals surface area contributed by atoms with Gasteiger partial charge in [-0.2, -0.15) is 0 Å². The maximum atomic E-state index is 13.4. The number of hydrogen-bond acceptors (Lipinski definition) is 4. The molecule has 4 nitrogen and oxygen atoms in total. The Morgan fingerprint density at radius 1 is 0.947 bits per heavy atom. The number of fused-ring (bicyclic) bond motifs is 1. The van der Waals surface area contributed by atoms with E-state index in [-0.39, 0.29) is 11.7 Å². The van der Waals surface area contributed by atoms with Gasteiger partial charge in [0.2, 0.25) is 0 Å². The number of pyridine rings is 1. The number of aryl methyl sites for hydroxylation is 3. The number of rotatable bonds is 8. The van der Waals surface area contributed by atoms with Crippen molar-refractivity contribution >= 4 is 16.8 Å². The number of aliphatic hydroxyl groups is 1. The first-order chi connectivity index (χ1) is 18.2. The molecule has 0 aliphatic carbocycles. The minimum atomic E-state index is -1.29. The second-order valence-electron chi connectivity index (χ2n) is 10.5. The SMILES string of the molecule is Cc1ccc(C(CC(=O)Cc2ccc3oc(C(C)(O)c4ccnc(C)c4)cc3c2)c2ccccc2)c(C)c1. The number of ketones is 1. The molecule has 2 aromatic heterocycles. The highest BCUT2D eigenvalue weighted by molar-refractivity contribution is 5.85. The molecule has 5 aromatic rings. The Labute approximate surface area is 224 Å². The molecule has 38 heavy (non-hydrogen) atoms. The van der Waals surface area contributed by atoms with E-state index in [4.69, 9.17) is 4.42 Å². The summed E-state index contributed by atoms with van der Waals surface area (Å²) in [5, 5.41) is 12.1. The first-order valence-corrected chi connectivity index (χ1v) is 13.0. The largest absolute Gasteiger partial charge is 0.458 e. The van der Waals surface area contributed by atoms with Crippen molar-refractivity contribution in [3.63, 3.8) is 0 Å². The Bertz CT molecular complexity index is 1600. The van der Waals surface area contributed by atoms with Crippen molar-refractivity contribution < 1.29 is 14.3 Å². The van der Waals surface area contributed by atoms with Crippen LogP contribution in [-0.2, 0) is 16.8 Å². The van der Waals surface area contributed by atoms with Crippen molar-refractivity contribution in [2.24, 2.45) is 0 Å². The average molecular weight is 504 g/mol. The van der Waals surface area contributed by atoms with E-state index in [1.165, 1.54) is 16.7 Å². The van der Waals surface area contributed by atoms with Gasteiger partial charge in [-0.05, 0) is 85.8 Å². The highest BCUT2D eigenvalue weighted by Gasteiger charge is 2.30. The molecule has 0 spiro atoms. The average Bonchev–Trinajstić information content (AvgIpc) is 3.33. The Morgan fingerprint density at radius 3 is 2.47 bits per heavy atom. The molecule has 2 heterocycles. The van der Waals surface area contributed by atoms with Crippen LogP contribution in [0.4, 0.5) is 0 Å². The highest BCUT2D eigenvalue weighted by atomic mass is 16.4. The molecule has 0 aliphatic heterocycles. The monoisotopic (exact) mass is 503 g/mol. The summed E-state index contributed by atoms with van der Waals surface area (Å²) >= 11 is 0. The summed E-state index contributed by atoms with van der Waals surface area (Å²) in [6.45, 7) is 7.83. The molecule has 4 heteroatoms. The van der Waals surface area contributed by atoms with Crippen molar-refractivity contribution in [3.8, 4) is 0 Å². The van der Waals surface area contributed by atoms with E-state index in [0.717, 1.165) is 27.8 Å². The molecule has 0 radical (unpaired) electrons. The molecule has 192 valence electrons. The fraction of sp³-hybridized carbons (Fsp3) is 0.235. The third-order valence-corrected chi connectivity index (χ3v) is 7.36. The fourth-order valence-electron chi connectivity index (χ4n) is 5.27. The Kier molecular flexibility index (Phi) is 7.00. The van der Waals surface area contributed by atoms with Gasteiger partial charge in [0.05, 0.1) is 0 Å². The molecule has 0 saturated heterocycles. The van der Waals surface area contributed by atoms with Crippen LogP contribution in [0.25, 0.3) is 11.0 Å². The number of carbonyl (C=O) groups excluding carboxylic acids is 1. The lowest BCUT2D eigenvalue weighted by molar-refractivity contribution is -0.118. The molecule has 2 atom stereocenters. The number of carbonyl (C=O) groups is 1. The number of aromatic nitrogens is 1. The summed E-state index contributed by atoms with van der Waals surface area (Å²) in [6, 6.07) is 28.1. The quantitative estimate of drug-likeness (QED) is 0.241. The predicted molar refractivity (Wildman–Crippen MR) is 151 cm³/mol. The summed E-state index contributed by atoms with van der Waals surface area (Å²) in [7, 11) is 0. The minimum Gasteiger partial charge on any atom is -0.458 e. The molecule has 0 fully saturated rings. The molecular formula is C34H33NO3. The highest BCUT2D eigenvalue weighted by Crippen LogP contribution is 2.35. The van der Waals surface area contributed by atoms with Gasteiger partial charge in [-0.1, -0.05) is 60.2 Å². The maximum absolute atomic E-state index is 13.4. The number of hydrogen-bond donors (Lipinski definition) is 1. The van der Waals surface area contributed by atoms with Gasteiger partial charge in [-0.25, -0.2) is 0 Å². The van der Waals surface area contributed by atoms with Crippen molar-refractivity contribution in [2.75, 3.05) is 0 Å². The molecular weight excluding hydrogens is 470 g/mol. The number of nitrogens with zero attached hydrogens (tertiary/aromatic N) is 1. The van der Waals surface area contributed by atoms with E-state index >= 15 is 0 Å². The molecule has 5 rings (SSSR count). The van der Waals surface area contributed by atoms with E-state index in [1.807, 2.05) is 55.5 Å². The maximum Gasteiger partial charge on any atom is 0.144 e. The first kappa shape index (κ1) is 25.6. The molecule has 2 unspecified atom stereocenters. The predicted octanol–water partition coefficient (Wildman–Crippen LogP) is 7.34. The fourth-order valence-corrected chi connectivity index (χ4v) is 5.27. The second kappa shape index (κ2) is 10.4. The van der Waals surface area contributed by atoms with Crippen LogP contribution in [0.15, 0.2) is 95.5 Å². The van der Waals surface area contributed by atoms with Gasteiger partial charge in [0.15, 0.2) is 0 Å². The van der Waals surface area contributed by atoms with Crippen LogP contribution in [0.3, 0.4) is 0 Å². The van der Waals surface area contributed by atoms with Gasteiger partial charge in [0.25, 0.3) is 0 Å². The Morgan fingerprint density at radius 2 is 1.74 bits per heavy atom. The third-order valence-electron chi connectivity index (χ3n) is 7.36. The number of benzene rings is 3. The third kappa shape index (κ3) is 5.32. The van der Waals surface area contributed by atoms with Gasteiger partial charge in [0.1, 0.15) is 22.7 Å². The number of Topliss-reactive ketones (excluding diaryl/α,β-unsaturated/α-hetero) is 1. The van der Waals surface area contributed by atoms with Crippen molar-refractivity contribution in [2.45, 2.75) is 52.1 Å². The lowest BCUT2D eigenvalue weighted by Crippen LogP contribution is -2.22. The van der Waals surface area contributed by atoms with E-state index in [1.54, 1.807) is 19.2 Å². The zero-order valence-electron chi connectivity index (χ0n) is 22.4. The molecule has 0 amide bonds. The second-order valence-corrected chi connectivity index (χ2v) is 10.5. The molecule has 3 aromatic carbocycles. The van der Waals surface area contributed by atoms with Crippen LogP contribution in [0, 0.1) is 20.8 Å². The summed E-state index contributed by atoms with van der Waals surface area (Å²) < 4.78 is 6.03. The minimum absolute atomic E-state index is 0.00692. The summed E-state index contributed by atoms with van der Waals surface area (Å²) in [5.41, 5.74) is 6.63. The van der Waals surface area contributed by atoms with Crippen molar-refractivity contribution in [1.29, 1.82) is 0 Å². The van der Waals surface area contributed by atoms with Crippen LogP contribution in [0.5, 0.6) is 0 Å². The van der Waals surface area contributed by atoms with E-state index in [2.05, 4.69) is 49.2 Å². The van der Waals surface area contributed by atoms with Crippen LogP contribution in [0.2, 0.25) is 0 Å². The van der Waals surface area contributed by atoms with Gasteiger partial charge in [-0.15, -0.1) is 0 Å². The summed E-state index contributed by atoms with van der Waals surface area (Å²) in [6.07, 6.45) is 2.45. The smallest absolute Gasteiger partial charge is 0.144 e. The van der Waals surface area contributed by atoms with Gasteiger partial charge in [-0.3, -0.25) is 9.78 Å². The molecule has 1 N–H and O–H groups in total. The van der Waals surface area contributed by atoms with E-state index in [0.29, 0.717) is 24.2 Å². The van der Waals surface area contributed by atoms with Gasteiger partial charge < -0.3 is 9.52 Å². The van der Waals surface area contributed by atoms with Crippen molar-refractivity contribution in [3.05, 3.63) is 136 Å². The van der Waals surface area contributed by atoms with Crippen molar-refractivity contribution in [1.82, 2.24) is 4.98 Å². The van der Waals surface area contributed by atoms with Gasteiger partial charge in [0, 0.05) is 36.0 Å². The van der Waals surface area contributed by atoms with Crippen LogP contribution in [-0.4, -0.2) is 15.9 Å². The van der Waals surface area contributed by atoms with E-state index in [9.17, 15) is 9.90 Å². The zero-order valence-corrected chi connectivity index (χ0v) is 22.4. The van der Waals surface area contributed by atoms with Crippen LogP contribution >= 0.6 is 0 Å². The standard InChI is InChI=1S/C34H33NO3/c1-22-10-12-30(23(2)16-22)31(26-8-6-5-7-9-26)21-29(36)19-25-11-13-32-27(18-25)20-33(38-32)34(4,37)28-14-15-35-24(3)17-28/h5-18,20,31,37H,19,21H2,1-4H3. The topological polar surface area (TPSA) is 63.3 Å². The summed E-state index contributed by atoms with van der Waals surface area (Å²) in [5.74, 6) is 0.647. The van der Waals surface area contributed by atoms with Crippen LogP contribution in [0.1, 0.15) is 64.1 Å². The lowest BCUT2D eigenvalue weighted by Gasteiger charge is -2.21. The molecule has 0 aliphatic rings. The normalized spacial score (nSPS) is 13.8. The molecule has 0 saturated carbocycles. The lowest BCUT2D eigenvalue weighted by atomic mass is 9.83. The summed E-state index contributed by atoms with van der Waals surface area (Å²) in [4.78, 5) is 17.6. The van der Waals surface area contributed by atoms with Gasteiger partial charge >= 0.3 is 0 Å². The van der Waals surface area contributed by atoms with Crippen LogP contribution < -0.4 is 0 Å². The number of furan rings is 1. The Balaban J connectivity index is 1.39.